The molecule has 1 aromatic carbocycles. The molecular weight excluding hydrogens is 314 g/mol. The van der Waals surface area contributed by atoms with Crippen molar-refractivity contribution in [1.29, 1.82) is 0 Å². The fourth-order valence-corrected chi connectivity index (χ4v) is 2.96. The first-order valence-electron chi connectivity index (χ1n) is 6.20. The van der Waals surface area contributed by atoms with Crippen LogP contribution in [0.3, 0.4) is 0 Å². The van der Waals surface area contributed by atoms with E-state index in [1.807, 2.05) is 0 Å². The van der Waals surface area contributed by atoms with Crippen LogP contribution in [0.25, 0.3) is 0 Å². The first-order valence-corrected chi connectivity index (χ1v) is 8.23. The number of hydrogen-bond donors (Lipinski definition) is 1. The van der Waals surface area contributed by atoms with Crippen LogP contribution >= 0.6 is 11.6 Å². The molecule has 6 nitrogen and oxygen atoms in total. The molecule has 2 aromatic rings. The topological polar surface area (TPSA) is 81.1 Å². The predicted molar refractivity (Wildman–Crippen MR) is 78.7 cm³/mol. The van der Waals surface area contributed by atoms with Crippen molar-refractivity contribution in [2.24, 2.45) is 0 Å². The normalized spacial score (nSPS) is 11.3. The number of amides is 1. The predicted octanol–water partition coefficient (Wildman–Crippen LogP) is 1.13. The van der Waals surface area contributed by atoms with Gasteiger partial charge in [-0.3, -0.25) is 9.48 Å². The third-order valence-electron chi connectivity index (χ3n) is 2.73. The largest absolute Gasteiger partial charge is 0.353 e. The summed E-state index contributed by atoms with van der Waals surface area (Å²) >= 11 is 5.72. The van der Waals surface area contributed by atoms with Gasteiger partial charge < -0.3 is 5.32 Å². The molecule has 0 bridgehead atoms. The molecule has 1 N–H and O–H groups in total. The Morgan fingerprint density at radius 1 is 1.29 bits per heavy atom. The molecular formula is C13H14ClN3O3S. The fraction of sp³-hybridized carbons (Fsp3) is 0.231. The van der Waals surface area contributed by atoms with Gasteiger partial charge in [0.05, 0.1) is 10.6 Å². The first-order chi connectivity index (χ1) is 9.97. The quantitative estimate of drug-likeness (QED) is 0.862. The molecule has 2 rings (SSSR count). The maximum Gasteiger partial charge on any atom is 0.241 e. The van der Waals surface area contributed by atoms with Crippen LogP contribution < -0.4 is 5.32 Å². The number of nitrogens with one attached hydrogen (secondary N) is 1. The van der Waals surface area contributed by atoms with Crippen LogP contribution in [0.5, 0.6) is 0 Å². The van der Waals surface area contributed by atoms with Gasteiger partial charge in [0.2, 0.25) is 5.91 Å². The van der Waals surface area contributed by atoms with E-state index in [4.69, 9.17) is 11.6 Å². The van der Waals surface area contributed by atoms with Gasteiger partial charge in [-0.2, -0.15) is 5.10 Å². The third kappa shape index (κ3) is 4.57. The van der Waals surface area contributed by atoms with Crippen molar-refractivity contribution in [1.82, 2.24) is 15.1 Å². The van der Waals surface area contributed by atoms with E-state index < -0.39 is 9.84 Å². The summed E-state index contributed by atoms with van der Waals surface area (Å²) in [5.41, 5.74) is 0. The number of aromatic nitrogens is 2. The second kappa shape index (κ2) is 6.73. The van der Waals surface area contributed by atoms with Crippen molar-refractivity contribution >= 4 is 27.3 Å². The molecule has 0 aliphatic heterocycles. The highest BCUT2D eigenvalue weighted by atomic mass is 35.5. The van der Waals surface area contributed by atoms with Gasteiger partial charge in [-0.1, -0.05) is 11.6 Å². The minimum Gasteiger partial charge on any atom is -0.353 e. The lowest BCUT2D eigenvalue weighted by Crippen LogP contribution is -2.32. The van der Waals surface area contributed by atoms with E-state index in [1.165, 1.54) is 28.9 Å². The van der Waals surface area contributed by atoms with Crippen LogP contribution in [0, 0.1) is 0 Å². The van der Waals surface area contributed by atoms with Gasteiger partial charge in [-0.05, 0) is 30.3 Å². The molecule has 0 radical (unpaired) electrons. The summed E-state index contributed by atoms with van der Waals surface area (Å²) in [5.74, 6) is -0.454. The Morgan fingerprint density at radius 2 is 2.00 bits per heavy atom. The second-order valence-corrected chi connectivity index (χ2v) is 6.87. The third-order valence-corrected chi connectivity index (χ3v) is 4.71. The van der Waals surface area contributed by atoms with Crippen LogP contribution in [0.4, 0.5) is 0 Å². The van der Waals surface area contributed by atoms with Crippen LogP contribution in [0.1, 0.15) is 0 Å². The van der Waals surface area contributed by atoms with Crippen LogP contribution in [0.15, 0.2) is 47.6 Å². The molecule has 0 unspecified atom stereocenters. The van der Waals surface area contributed by atoms with Crippen molar-refractivity contribution in [3.05, 3.63) is 47.7 Å². The highest BCUT2D eigenvalue weighted by Gasteiger charge is 2.14. The molecule has 1 amide bonds. The summed E-state index contributed by atoms with van der Waals surface area (Å²) in [6.45, 7) is 0.110. The Bertz CT molecular complexity index is 697. The first kappa shape index (κ1) is 15.5. The van der Waals surface area contributed by atoms with E-state index in [0.29, 0.717) is 5.02 Å². The van der Waals surface area contributed by atoms with E-state index in [-0.39, 0.29) is 29.6 Å². The molecule has 0 aliphatic carbocycles. The number of hydrogen-bond acceptors (Lipinski definition) is 4. The lowest BCUT2D eigenvalue weighted by atomic mass is 10.4. The van der Waals surface area contributed by atoms with Crippen molar-refractivity contribution in [2.45, 2.75) is 11.4 Å². The summed E-state index contributed by atoms with van der Waals surface area (Å²) < 4.78 is 25.5. The fourth-order valence-electron chi connectivity index (χ4n) is 1.68. The lowest BCUT2D eigenvalue weighted by Gasteiger charge is -2.07. The van der Waals surface area contributed by atoms with Crippen molar-refractivity contribution in [3.63, 3.8) is 0 Å². The van der Waals surface area contributed by atoms with Crippen LogP contribution in [0.2, 0.25) is 5.02 Å². The smallest absolute Gasteiger partial charge is 0.241 e. The van der Waals surface area contributed by atoms with Gasteiger partial charge in [0.15, 0.2) is 9.84 Å². The monoisotopic (exact) mass is 327 g/mol. The lowest BCUT2D eigenvalue weighted by molar-refractivity contribution is -0.121. The van der Waals surface area contributed by atoms with Gasteiger partial charge in [0, 0.05) is 24.0 Å². The van der Waals surface area contributed by atoms with Gasteiger partial charge in [-0.15, -0.1) is 0 Å². The molecule has 0 fully saturated rings. The van der Waals surface area contributed by atoms with Crippen LogP contribution in [-0.4, -0.2) is 36.4 Å². The van der Waals surface area contributed by atoms with Gasteiger partial charge in [0.25, 0.3) is 0 Å². The molecule has 0 saturated carbocycles. The Morgan fingerprint density at radius 3 is 2.62 bits per heavy atom. The second-order valence-electron chi connectivity index (χ2n) is 4.33. The molecule has 0 spiro atoms. The summed E-state index contributed by atoms with van der Waals surface area (Å²) in [7, 11) is -3.43. The maximum absolute atomic E-state index is 12.0. The highest BCUT2D eigenvalue weighted by molar-refractivity contribution is 7.91. The minimum atomic E-state index is -3.43. The van der Waals surface area contributed by atoms with E-state index >= 15 is 0 Å². The van der Waals surface area contributed by atoms with Crippen molar-refractivity contribution < 1.29 is 13.2 Å². The van der Waals surface area contributed by atoms with Gasteiger partial charge in [0.1, 0.15) is 6.54 Å². The molecule has 8 heteroatoms. The number of halogens is 1. The summed E-state index contributed by atoms with van der Waals surface area (Å²) in [5, 5.41) is 6.92. The molecule has 0 aliphatic rings. The van der Waals surface area contributed by atoms with Gasteiger partial charge in [-0.25, -0.2) is 8.42 Å². The Balaban J connectivity index is 1.84. The molecule has 0 saturated heterocycles. The van der Waals surface area contributed by atoms with Crippen LogP contribution in [-0.2, 0) is 21.2 Å². The van der Waals surface area contributed by atoms with Crippen molar-refractivity contribution in [2.75, 3.05) is 12.3 Å². The standard InChI is InChI=1S/C13H14ClN3O3S/c14-11-2-4-12(5-3-11)21(19,20)9-7-15-13(18)10-17-8-1-6-16-17/h1-6,8H,7,9-10H2,(H,15,18). The number of carbonyl (C=O) groups excluding carboxylic acids is 1. The summed E-state index contributed by atoms with van der Waals surface area (Å²) in [6, 6.07) is 7.64. The number of benzene rings is 1. The zero-order valence-electron chi connectivity index (χ0n) is 11.1. The Kier molecular flexibility index (Phi) is 4.98. The molecule has 1 aromatic heterocycles. The summed E-state index contributed by atoms with van der Waals surface area (Å²) in [6.07, 6.45) is 3.22. The Hall–Kier alpha value is -1.86. The van der Waals surface area contributed by atoms with Crippen molar-refractivity contribution in [3.8, 4) is 0 Å². The molecule has 0 atom stereocenters. The Labute approximate surface area is 127 Å². The van der Waals surface area contributed by atoms with Gasteiger partial charge >= 0.3 is 0 Å². The number of rotatable bonds is 6. The average Bonchev–Trinajstić information content (AvgIpc) is 2.91. The van der Waals surface area contributed by atoms with E-state index in [1.54, 1.807) is 18.5 Å². The highest BCUT2D eigenvalue weighted by Crippen LogP contribution is 2.14. The minimum absolute atomic E-state index is 0.0467. The van der Waals surface area contributed by atoms with E-state index in [9.17, 15) is 13.2 Å². The molecule has 112 valence electrons. The average molecular weight is 328 g/mol. The number of sulfone groups is 1. The SMILES string of the molecule is O=C(Cn1cccn1)NCCS(=O)(=O)c1ccc(Cl)cc1. The number of nitrogens with zero attached hydrogens (tertiary/aromatic N) is 2. The summed E-state index contributed by atoms with van der Waals surface area (Å²) in [4.78, 5) is 11.8. The molecule has 1 heterocycles. The number of carbonyl (C=O) groups is 1. The van der Waals surface area contributed by atoms with E-state index in [0.717, 1.165) is 0 Å². The zero-order valence-corrected chi connectivity index (χ0v) is 12.6. The van der Waals surface area contributed by atoms with E-state index in [2.05, 4.69) is 10.4 Å². The maximum atomic E-state index is 12.0. The molecule has 21 heavy (non-hydrogen) atoms. The zero-order chi connectivity index (χ0) is 15.3.